The molecule has 3 rings (SSSR count). The maximum absolute atomic E-state index is 13.0. The number of ether oxygens (including phenoxy) is 4. The van der Waals surface area contributed by atoms with Crippen LogP contribution < -0.4 is 0 Å². The van der Waals surface area contributed by atoms with Gasteiger partial charge in [0, 0.05) is 18.4 Å². The summed E-state index contributed by atoms with van der Waals surface area (Å²) in [6, 6.07) is 0. The second kappa shape index (κ2) is 9.18. The Bertz CT molecular complexity index is 721. The molecule has 8 nitrogen and oxygen atoms in total. The molecule has 0 N–H and O–H groups in total. The van der Waals surface area contributed by atoms with Crippen molar-refractivity contribution in [3.8, 4) is 0 Å². The standard InChI is InChI=1S/C22H30O8/c1-4-22(8-5-6-9-22)30-21(26)15-12-16(17-11-14(15)20(25)29-17)28-18(23)7-10-27-19(24)13(2)3/h14-17H,2,4-12H2,1,3H3. The maximum Gasteiger partial charge on any atom is 0.333 e. The Morgan fingerprint density at radius 2 is 1.90 bits per heavy atom. The van der Waals surface area contributed by atoms with Crippen LogP contribution in [-0.2, 0) is 38.1 Å². The highest BCUT2D eigenvalue weighted by atomic mass is 16.6. The van der Waals surface area contributed by atoms with Gasteiger partial charge < -0.3 is 18.9 Å². The third kappa shape index (κ3) is 4.84. The third-order valence-electron chi connectivity index (χ3n) is 6.39. The van der Waals surface area contributed by atoms with Gasteiger partial charge in [-0.2, -0.15) is 0 Å². The summed E-state index contributed by atoms with van der Waals surface area (Å²) in [5.74, 6) is -3.23. The molecule has 166 valence electrons. The van der Waals surface area contributed by atoms with E-state index in [1.54, 1.807) is 0 Å². The number of fused-ring (bicyclic) bond motifs is 2. The van der Waals surface area contributed by atoms with E-state index >= 15 is 0 Å². The van der Waals surface area contributed by atoms with Crippen LogP contribution in [0.15, 0.2) is 12.2 Å². The fourth-order valence-corrected chi connectivity index (χ4v) is 4.55. The van der Waals surface area contributed by atoms with E-state index in [0.717, 1.165) is 32.1 Å². The van der Waals surface area contributed by atoms with Crippen LogP contribution in [0.25, 0.3) is 0 Å². The van der Waals surface area contributed by atoms with Gasteiger partial charge >= 0.3 is 23.9 Å². The van der Waals surface area contributed by atoms with Crippen LogP contribution in [0.1, 0.15) is 65.2 Å². The molecule has 30 heavy (non-hydrogen) atoms. The summed E-state index contributed by atoms with van der Waals surface area (Å²) in [5.41, 5.74) is -0.205. The van der Waals surface area contributed by atoms with Crippen LogP contribution >= 0.6 is 0 Å². The lowest BCUT2D eigenvalue weighted by atomic mass is 9.78. The Kier molecular flexibility index (Phi) is 6.83. The van der Waals surface area contributed by atoms with Crippen LogP contribution in [0.2, 0.25) is 0 Å². The van der Waals surface area contributed by atoms with Gasteiger partial charge in [-0.3, -0.25) is 14.4 Å². The molecule has 0 aromatic carbocycles. The lowest BCUT2D eigenvalue weighted by Crippen LogP contribution is -2.43. The van der Waals surface area contributed by atoms with E-state index in [1.807, 2.05) is 6.92 Å². The summed E-state index contributed by atoms with van der Waals surface area (Å²) in [6.07, 6.45) is 3.58. The van der Waals surface area contributed by atoms with Gasteiger partial charge in [-0.15, -0.1) is 0 Å². The maximum atomic E-state index is 13.0. The topological polar surface area (TPSA) is 105 Å². The molecular weight excluding hydrogens is 392 g/mol. The van der Waals surface area contributed by atoms with E-state index in [1.165, 1.54) is 6.92 Å². The lowest BCUT2D eigenvalue weighted by molar-refractivity contribution is -0.173. The second-order valence-electron chi connectivity index (χ2n) is 8.52. The first-order valence-electron chi connectivity index (χ1n) is 10.7. The van der Waals surface area contributed by atoms with E-state index in [9.17, 15) is 19.2 Å². The number of carbonyl (C=O) groups excluding carboxylic acids is 4. The Balaban J connectivity index is 1.58. The zero-order chi connectivity index (χ0) is 21.9. The zero-order valence-electron chi connectivity index (χ0n) is 17.6. The molecule has 1 saturated heterocycles. The Labute approximate surface area is 176 Å². The van der Waals surface area contributed by atoms with Crippen molar-refractivity contribution in [1.29, 1.82) is 0 Å². The molecule has 2 bridgehead atoms. The van der Waals surface area contributed by atoms with E-state index in [2.05, 4.69) is 6.58 Å². The monoisotopic (exact) mass is 422 g/mol. The summed E-state index contributed by atoms with van der Waals surface area (Å²) in [6.45, 7) is 6.86. The minimum atomic E-state index is -0.712. The minimum absolute atomic E-state index is 0.130. The summed E-state index contributed by atoms with van der Waals surface area (Å²) in [7, 11) is 0. The Hall–Kier alpha value is -2.38. The van der Waals surface area contributed by atoms with Gasteiger partial charge in [-0.05, 0) is 39.0 Å². The summed E-state index contributed by atoms with van der Waals surface area (Å²) in [5, 5.41) is 0. The molecule has 8 heteroatoms. The third-order valence-corrected chi connectivity index (χ3v) is 6.39. The van der Waals surface area contributed by atoms with Crippen LogP contribution in [-0.4, -0.2) is 48.3 Å². The predicted molar refractivity (Wildman–Crippen MR) is 104 cm³/mol. The highest BCUT2D eigenvalue weighted by Crippen LogP contribution is 2.43. The van der Waals surface area contributed by atoms with Gasteiger partial charge in [0.1, 0.15) is 24.4 Å². The van der Waals surface area contributed by atoms with Crippen LogP contribution in [0, 0.1) is 11.8 Å². The molecule has 4 unspecified atom stereocenters. The summed E-state index contributed by atoms with van der Waals surface area (Å²) >= 11 is 0. The normalized spacial score (nSPS) is 29.1. The van der Waals surface area contributed by atoms with Crippen molar-refractivity contribution in [3.05, 3.63) is 12.2 Å². The molecular formula is C22H30O8. The molecule has 0 radical (unpaired) electrons. The SMILES string of the molecule is C=C(C)C(=O)OCCC(=O)OC1CC(C(=O)OC2(CC)CCCC2)C2CC1OC2=O. The van der Waals surface area contributed by atoms with Crippen LogP contribution in [0.5, 0.6) is 0 Å². The minimum Gasteiger partial charge on any atom is -0.462 e. The summed E-state index contributed by atoms with van der Waals surface area (Å²) < 4.78 is 21.6. The molecule has 2 saturated carbocycles. The Morgan fingerprint density at radius 1 is 1.20 bits per heavy atom. The fraction of sp³-hybridized carbons (Fsp3) is 0.727. The van der Waals surface area contributed by atoms with E-state index < -0.39 is 53.5 Å². The van der Waals surface area contributed by atoms with Crippen molar-refractivity contribution in [2.75, 3.05) is 6.61 Å². The van der Waals surface area contributed by atoms with Crippen molar-refractivity contribution in [1.82, 2.24) is 0 Å². The van der Waals surface area contributed by atoms with Crippen LogP contribution in [0.3, 0.4) is 0 Å². The first kappa shape index (κ1) is 22.3. The molecule has 1 heterocycles. The van der Waals surface area contributed by atoms with Crippen molar-refractivity contribution < 1.29 is 38.1 Å². The average Bonchev–Trinajstić information content (AvgIpc) is 3.29. The molecule has 4 atom stereocenters. The first-order valence-corrected chi connectivity index (χ1v) is 10.7. The van der Waals surface area contributed by atoms with Crippen LogP contribution in [0.4, 0.5) is 0 Å². The summed E-state index contributed by atoms with van der Waals surface area (Å²) in [4.78, 5) is 48.8. The highest BCUT2D eigenvalue weighted by molar-refractivity contribution is 5.87. The number of hydrogen-bond acceptors (Lipinski definition) is 8. The highest BCUT2D eigenvalue weighted by Gasteiger charge is 2.54. The molecule has 0 aromatic heterocycles. The smallest absolute Gasteiger partial charge is 0.333 e. The largest absolute Gasteiger partial charge is 0.462 e. The molecule has 0 aromatic rings. The zero-order valence-corrected chi connectivity index (χ0v) is 17.6. The van der Waals surface area contributed by atoms with E-state index in [0.29, 0.717) is 6.42 Å². The fourth-order valence-electron chi connectivity index (χ4n) is 4.55. The molecule has 3 aliphatic rings. The number of hydrogen-bond donors (Lipinski definition) is 0. The van der Waals surface area contributed by atoms with Crippen molar-refractivity contribution in [2.45, 2.75) is 83.0 Å². The van der Waals surface area contributed by atoms with E-state index in [-0.39, 0.29) is 25.0 Å². The molecule has 0 amide bonds. The average molecular weight is 422 g/mol. The molecule has 0 spiro atoms. The molecule has 3 fully saturated rings. The van der Waals surface area contributed by atoms with Gasteiger partial charge in [-0.1, -0.05) is 13.5 Å². The molecule has 2 aliphatic carbocycles. The Morgan fingerprint density at radius 3 is 2.53 bits per heavy atom. The number of esters is 4. The van der Waals surface area contributed by atoms with Gasteiger partial charge in [-0.25, -0.2) is 4.79 Å². The van der Waals surface area contributed by atoms with Crippen molar-refractivity contribution in [2.24, 2.45) is 11.8 Å². The second-order valence-corrected chi connectivity index (χ2v) is 8.52. The lowest BCUT2D eigenvalue weighted by Gasteiger charge is -2.34. The van der Waals surface area contributed by atoms with Crippen molar-refractivity contribution in [3.63, 3.8) is 0 Å². The van der Waals surface area contributed by atoms with E-state index in [4.69, 9.17) is 18.9 Å². The first-order chi connectivity index (χ1) is 14.2. The quantitative estimate of drug-likeness (QED) is 0.334. The van der Waals surface area contributed by atoms with Crippen molar-refractivity contribution >= 4 is 23.9 Å². The van der Waals surface area contributed by atoms with Gasteiger partial charge in [0.25, 0.3) is 0 Å². The number of rotatable bonds is 8. The predicted octanol–water partition coefficient (Wildman–Crippen LogP) is 2.63. The van der Waals surface area contributed by atoms with Gasteiger partial charge in [0.05, 0.1) is 18.3 Å². The van der Waals surface area contributed by atoms with Gasteiger partial charge in [0.2, 0.25) is 0 Å². The molecule has 1 aliphatic heterocycles. The number of carbonyl (C=O) groups is 4. The van der Waals surface area contributed by atoms with Gasteiger partial charge in [0.15, 0.2) is 0 Å².